The van der Waals surface area contributed by atoms with Gasteiger partial charge in [-0.2, -0.15) is 0 Å². The van der Waals surface area contributed by atoms with Gasteiger partial charge in [-0.25, -0.2) is 9.79 Å². The van der Waals surface area contributed by atoms with Crippen molar-refractivity contribution in [2.45, 2.75) is 19.1 Å². The number of nitrogens with zero attached hydrogens (tertiary/aromatic N) is 4. The minimum absolute atomic E-state index is 0.295. The van der Waals surface area contributed by atoms with Crippen molar-refractivity contribution >= 4 is 17.9 Å². The highest BCUT2D eigenvalue weighted by molar-refractivity contribution is 6.04. The van der Waals surface area contributed by atoms with Crippen LogP contribution in [0.25, 0.3) is 0 Å². The van der Waals surface area contributed by atoms with Crippen LogP contribution in [0.2, 0.25) is 0 Å². The molecule has 0 aliphatic carbocycles. The molecule has 2 atom stereocenters. The molecule has 0 bridgehead atoms. The van der Waals surface area contributed by atoms with E-state index in [2.05, 4.69) is 10.3 Å². The minimum Gasteiger partial charge on any atom is -0.318 e. The average molecular weight is 235 g/mol. The Balaban J connectivity index is 2.02. The van der Waals surface area contributed by atoms with E-state index >= 15 is 0 Å². The number of hydrogen-bond acceptors (Lipinski definition) is 5. The summed E-state index contributed by atoms with van der Waals surface area (Å²) in [4.78, 5) is 33.0. The number of amides is 3. The quantitative estimate of drug-likeness (QED) is 0.605. The lowest BCUT2D eigenvalue weighted by molar-refractivity contribution is -0.126. The lowest BCUT2D eigenvalue weighted by Crippen LogP contribution is -2.62. The number of carbonyl (C=O) groups is 2. The van der Waals surface area contributed by atoms with Crippen LogP contribution >= 0.6 is 0 Å². The minimum atomic E-state index is -0.451. The molecule has 0 aromatic carbocycles. The molecule has 3 aliphatic heterocycles. The van der Waals surface area contributed by atoms with Crippen LogP contribution in [0.4, 0.5) is 4.79 Å². The summed E-state index contributed by atoms with van der Waals surface area (Å²) in [7, 11) is 3.53. The zero-order valence-electron chi connectivity index (χ0n) is 9.84. The second kappa shape index (κ2) is 2.99. The Kier molecular flexibility index (Phi) is 1.78. The molecule has 3 amide bonds. The highest BCUT2D eigenvalue weighted by atomic mass is 16.2. The summed E-state index contributed by atoms with van der Waals surface area (Å²) in [5.74, 6) is 0.422. The van der Waals surface area contributed by atoms with Crippen molar-refractivity contribution in [2.75, 3.05) is 14.1 Å². The number of guanidine groups is 1. The molecule has 7 nitrogen and oxygen atoms in total. The first-order valence-electron chi connectivity index (χ1n) is 5.36. The van der Waals surface area contributed by atoms with Crippen LogP contribution < -0.4 is 5.32 Å². The summed E-state index contributed by atoms with van der Waals surface area (Å²) in [6.07, 6.45) is 1.45. The number of allylic oxidation sites excluding steroid dienone is 1. The Bertz CT molecular complexity index is 483. The van der Waals surface area contributed by atoms with Crippen LogP contribution in [0.15, 0.2) is 16.9 Å². The van der Waals surface area contributed by atoms with E-state index in [4.69, 9.17) is 0 Å². The standard InChI is InChI=1S/C10H13N5O2/c1-5-4-15-6-7(11-9(15)13(5)2)14(3)10(17)12-8(6)16/h4,6-7H,1-3H3,(H,12,16,17). The van der Waals surface area contributed by atoms with Crippen LogP contribution in [0.1, 0.15) is 6.92 Å². The third-order valence-corrected chi connectivity index (χ3v) is 3.43. The fourth-order valence-electron chi connectivity index (χ4n) is 2.31. The van der Waals surface area contributed by atoms with Gasteiger partial charge in [-0.3, -0.25) is 10.1 Å². The molecule has 1 saturated heterocycles. The van der Waals surface area contributed by atoms with E-state index in [1.54, 1.807) is 7.05 Å². The summed E-state index contributed by atoms with van der Waals surface area (Å²) in [5, 5.41) is 2.33. The van der Waals surface area contributed by atoms with E-state index < -0.39 is 18.2 Å². The fraction of sp³-hybridized carbons (Fsp3) is 0.500. The maximum absolute atomic E-state index is 11.9. The first-order chi connectivity index (χ1) is 8.00. The monoisotopic (exact) mass is 235 g/mol. The van der Waals surface area contributed by atoms with Crippen molar-refractivity contribution < 1.29 is 9.59 Å². The summed E-state index contributed by atoms with van der Waals surface area (Å²) < 4.78 is 0. The third kappa shape index (κ3) is 1.13. The van der Waals surface area contributed by atoms with Crippen molar-refractivity contribution in [1.82, 2.24) is 20.0 Å². The van der Waals surface area contributed by atoms with Crippen molar-refractivity contribution in [3.8, 4) is 0 Å². The van der Waals surface area contributed by atoms with Gasteiger partial charge in [0.25, 0.3) is 5.91 Å². The summed E-state index contributed by atoms with van der Waals surface area (Å²) in [5.41, 5.74) is 1.02. The molecule has 0 aromatic heterocycles. The van der Waals surface area contributed by atoms with Gasteiger partial charge in [-0.15, -0.1) is 0 Å². The SMILES string of the molecule is CC1=CN2C(=NC3C2C(=O)NC(=O)N3C)N1C. The molecule has 2 unspecified atom stereocenters. The number of aliphatic imine (C=N–C) groups is 1. The van der Waals surface area contributed by atoms with Crippen LogP contribution in [0, 0.1) is 0 Å². The molecule has 7 heteroatoms. The smallest absolute Gasteiger partial charge is 0.318 e. The third-order valence-electron chi connectivity index (χ3n) is 3.43. The molecule has 3 heterocycles. The summed E-state index contributed by atoms with van der Waals surface area (Å²) in [6.45, 7) is 1.95. The zero-order valence-corrected chi connectivity index (χ0v) is 9.84. The Morgan fingerprint density at radius 3 is 2.76 bits per heavy atom. The maximum Gasteiger partial charge on any atom is 0.325 e. The van der Waals surface area contributed by atoms with Gasteiger partial charge in [-0.1, -0.05) is 0 Å². The average Bonchev–Trinajstić information content (AvgIpc) is 2.75. The van der Waals surface area contributed by atoms with E-state index in [1.165, 1.54) is 4.90 Å². The van der Waals surface area contributed by atoms with Crippen molar-refractivity contribution in [1.29, 1.82) is 0 Å². The largest absolute Gasteiger partial charge is 0.325 e. The number of nitrogens with one attached hydrogen (secondary N) is 1. The predicted molar refractivity (Wildman–Crippen MR) is 59.7 cm³/mol. The van der Waals surface area contributed by atoms with E-state index in [0.29, 0.717) is 5.96 Å². The molecule has 90 valence electrons. The first kappa shape index (κ1) is 10.1. The summed E-state index contributed by atoms with van der Waals surface area (Å²) in [6, 6.07) is -0.849. The lowest BCUT2D eigenvalue weighted by atomic mass is 10.1. The van der Waals surface area contributed by atoms with Gasteiger partial charge in [0.05, 0.1) is 0 Å². The van der Waals surface area contributed by atoms with E-state index in [9.17, 15) is 9.59 Å². The molecule has 3 aliphatic rings. The van der Waals surface area contributed by atoms with Gasteiger partial charge >= 0.3 is 6.03 Å². The molecule has 0 spiro atoms. The number of imide groups is 1. The number of carbonyl (C=O) groups excluding carboxylic acids is 2. The van der Waals surface area contributed by atoms with Crippen LogP contribution in [-0.4, -0.2) is 58.9 Å². The second-order valence-corrected chi connectivity index (χ2v) is 4.43. The number of urea groups is 1. The van der Waals surface area contributed by atoms with Crippen molar-refractivity contribution in [3.63, 3.8) is 0 Å². The maximum atomic E-state index is 11.9. The Hall–Kier alpha value is -2.05. The van der Waals surface area contributed by atoms with Gasteiger partial charge in [0, 0.05) is 26.0 Å². The van der Waals surface area contributed by atoms with Crippen LogP contribution in [0.3, 0.4) is 0 Å². The van der Waals surface area contributed by atoms with Crippen LogP contribution in [-0.2, 0) is 4.79 Å². The number of likely N-dealkylation sites (N-methyl/N-ethyl adjacent to an activating group) is 1. The molecule has 1 fully saturated rings. The molecular weight excluding hydrogens is 222 g/mol. The molecule has 0 radical (unpaired) electrons. The Morgan fingerprint density at radius 2 is 2.06 bits per heavy atom. The van der Waals surface area contributed by atoms with E-state index in [1.807, 2.05) is 30.0 Å². The van der Waals surface area contributed by atoms with Crippen molar-refractivity contribution in [3.05, 3.63) is 11.9 Å². The first-order valence-corrected chi connectivity index (χ1v) is 5.36. The highest BCUT2D eigenvalue weighted by Gasteiger charge is 2.50. The number of hydrogen-bond donors (Lipinski definition) is 1. The highest BCUT2D eigenvalue weighted by Crippen LogP contribution is 2.30. The fourth-order valence-corrected chi connectivity index (χ4v) is 2.31. The van der Waals surface area contributed by atoms with Crippen LogP contribution in [0.5, 0.6) is 0 Å². The molecular formula is C10H13N5O2. The van der Waals surface area contributed by atoms with Gasteiger partial charge in [0.1, 0.15) is 0 Å². The number of rotatable bonds is 0. The molecule has 0 aromatic rings. The molecule has 3 rings (SSSR count). The van der Waals surface area contributed by atoms with Gasteiger partial charge < -0.3 is 14.7 Å². The Labute approximate surface area is 98.4 Å². The van der Waals surface area contributed by atoms with E-state index in [0.717, 1.165) is 5.70 Å². The number of fused-ring (bicyclic) bond motifs is 3. The molecule has 1 N–H and O–H groups in total. The van der Waals surface area contributed by atoms with Gasteiger partial charge in [0.2, 0.25) is 5.96 Å². The lowest BCUT2D eigenvalue weighted by Gasteiger charge is -2.34. The van der Waals surface area contributed by atoms with Gasteiger partial charge in [0.15, 0.2) is 12.2 Å². The predicted octanol–water partition coefficient (Wildman–Crippen LogP) is -0.659. The Morgan fingerprint density at radius 1 is 1.35 bits per heavy atom. The second-order valence-electron chi connectivity index (χ2n) is 4.43. The normalized spacial score (nSPS) is 31.1. The van der Waals surface area contributed by atoms with E-state index in [-0.39, 0.29) is 5.91 Å². The zero-order chi connectivity index (χ0) is 12.3. The van der Waals surface area contributed by atoms with Gasteiger partial charge in [-0.05, 0) is 6.92 Å². The summed E-state index contributed by atoms with van der Waals surface area (Å²) >= 11 is 0. The topological polar surface area (TPSA) is 68.2 Å². The molecule has 0 saturated carbocycles. The van der Waals surface area contributed by atoms with Crippen molar-refractivity contribution in [2.24, 2.45) is 4.99 Å². The molecule has 17 heavy (non-hydrogen) atoms.